The SMILES string of the molecule is COc1ccc(-c2ccc(C)cc2)[n+]([O-])c1Br. The van der Waals surface area contributed by atoms with Crippen LogP contribution in [0.3, 0.4) is 0 Å². The zero-order chi connectivity index (χ0) is 12.4. The Labute approximate surface area is 108 Å². The van der Waals surface area contributed by atoms with Crippen molar-refractivity contribution in [2.75, 3.05) is 7.11 Å². The van der Waals surface area contributed by atoms with Crippen LogP contribution in [-0.4, -0.2) is 7.11 Å². The zero-order valence-corrected chi connectivity index (χ0v) is 11.2. The van der Waals surface area contributed by atoms with Crippen LogP contribution < -0.4 is 9.47 Å². The highest BCUT2D eigenvalue weighted by Crippen LogP contribution is 2.25. The number of ether oxygens (including phenoxy) is 1. The lowest BCUT2D eigenvalue weighted by atomic mass is 10.1. The van der Waals surface area contributed by atoms with E-state index in [2.05, 4.69) is 15.9 Å². The third kappa shape index (κ3) is 2.26. The molecule has 0 radical (unpaired) electrons. The molecule has 0 spiro atoms. The summed E-state index contributed by atoms with van der Waals surface area (Å²) < 4.78 is 6.28. The van der Waals surface area contributed by atoms with E-state index in [9.17, 15) is 5.21 Å². The van der Waals surface area contributed by atoms with Gasteiger partial charge in [-0.3, -0.25) is 0 Å². The third-order valence-corrected chi connectivity index (χ3v) is 3.27. The van der Waals surface area contributed by atoms with Gasteiger partial charge >= 0.3 is 4.60 Å². The summed E-state index contributed by atoms with van der Waals surface area (Å²) in [4.78, 5) is 0. The standard InChI is InChI=1S/C13H12BrNO2/c1-9-3-5-10(6-4-9)11-7-8-12(17-2)13(14)15(11)16/h3-8H,1-2H3. The number of hydrogen-bond acceptors (Lipinski definition) is 2. The lowest BCUT2D eigenvalue weighted by molar-refractivity contribution is -0.606. The highest BCUT2D eigenvalue weighted by molar-refractivity contribution is 9.10. The quantitative estimate of drug-likeness (QED) is 0.485. The van der Waals surface area contributed by atoms with Crippen molar-refractivity contribution in [1.29, 1.82) is 0 Å². The fraction of sp³-hybridized carbons (Fsp3) is 0.154. The first-order valence-electron chi connectivity index (χ1n) is 5.16. The van der Waals surface area contributed by atoms with E-state index in [1.807, 2.05) is 31.2 Å². The van der Waals surface area contributed by atoms with Crippen LogP contribution in [0.5, 0.6) is 5.75 Å². The summed E-state index contributed by atoms with van der Waals surface area (Å²) in [6.07, 6.45) is 0. The number of aryl methyl sites for hydroxylation is 1. The van der Waals surface area contributed by atoms with Crippen molar-refractivity contribution in [2.45, 2.75) is 6.92 Å². The first-order valence-corrected chi connectivity index (χ1v) is 5.96. The van der Waals surface area contributed by atoms with Crippen LogP contribution in [0.2, 0.25) is 0 Å². The van der Waals surface area contributed by atoms with Crippen LogP contribution >= 0.6 is 15.9 Å². The number of methoxy groups -OCH3 is 1. The molecule has 4 heteroatoms. The molecule has 88 valence electrons. The Morgan fingerprint density at radius 2 is 1.76 bits per heavy atom. The summed E-state index contributed by atoms with van der Waals surface area (Å²) in [5, 5.41) is 12.0. The largest absolute Gasteiger partial charge is 0.617 e. The predicted molar refractivity (Wildman–Crippen MR) is 69.8 cm³/mol. The van der Waals surface area contributed by atoms with Gasteiger partial charge in [-0.15, -0.1) is 0 Å². The van der Waals surface area contributed by atoms with E-state index in [0.29, 0.717) is 16.0 Å². The van der Waals surface area contributed by atoms with Crippen LogP contribution in [0.1, 0.15) is 5.56 Å². The number of nitrogens with zero attached hydrogens (tertiary/aromatic N) is 1. The normalized spacial score (nSPS) is 10.3. The fourth-order valence-corrected chi connectivity index (χ4v) is 2.07. The molecule has 2 rings (SSSR count). The molecule has 0 aliphatic rings. The Hall–Kier alpha value is -1.55. The van der Waals surface area contributed by atoms with Crippen LogP contribution in [0.25, 0.3) is 11.3 Å². The van der Waals surface area contributed by atoms with Crippen molar-refractivity contribution >= 4 is 15.9 Å². The summed E-state index contributed by atoms with van der Waals surface area (Å²) in [5.74, 6) is 0.524. The summed E-state index contributed by atoms with van der Waals surface area (Å²) >= 11 is 3.23. The van der Waals surface area contributed by atoms with Gasteiger partial charge in [0, 0.05) is 27.6 Å². The molecule has 0 atom stereocenters. The molecule has 0 amide bonds. The van der Waals surface area contributed by atoms with Crippen molar-refractivity contribution in [3.8, 4) is 17.0 Å². The molecule has 0 saturated heterocycles. The maximum Gasteiger partial charge on any atom is 0.301 e. The Bertz CT molecular complexity index is 538. The Kier molecular flexibility index (Phi) is 3.33. The molecule has 0 fully saturated rings. The van der Waals surface area contributed by atoms with E-state index >= 15 is 0 Å². The summed E-state index contributed by atoms with van der Waals surface area (Å²) in [6, 6.07) is 11.3. The van der Waals surface area contributed by atoms with E-state index < -0.39 is 0 Å². The van der Waals surface area contributed by atoms with Crippen molar-refractivity contribution in [3.05, 3.63) is 51.8 Å². The topological polar surface area (TPSA) is 36.2 Å². The maximum atomic E-state index is 12.0. The number of rotatable bonds is 2. The first kappa shape index (κ1) is 11.9. The summed E-state index contributed by atoms with van der Waals surface area (Å²) in [6.45, 7) is 2.01. The van der Waals surface area contributed by atoms with Gasteiger partial charge in [0.2, 0.25) is 5.69 Å². The number of pyridine rings is 1. The molecule has 0 saturated carbocycles. The minimum Gasteiger partial charge on any atom is -0.617 e. The average Bonchev–Trinajstić information content (AvgIpc) is 2.34. The molecule has 1 heterocycles. The monoisotopic (exact) mass is 293 g/mol. The van der Waals surface area contributed by atoms with E-state index in [4.69, 9.17) is 4.74 Å². The van der Waals surface area contributed by atoms with Crippen molar-refractivity contribution in [1.82, 2.24) is 0 Å². The van der Waals surface area contributed by atoms with Gasteiger partial charge in [0.1, 0.15) is 0 Å². The van der Waals surface area contributed by atoms with Gasteiger partial charge in [0.25, 0.3) is 0 Å². The van der Waals surface area contributed by atoms with Crippen LogP contribution in [0.15, 0.2) is 41.0 Å². The van der Waals surface area contributed by atoms with E-state index in [1.165, 1.54) is 12.7 Å². The van der Waals surface area contributed by atoms with Gasteiger partial charge in [-0.2, -0.15) is 4.73 Å². The molecular weight excluding hydrogens is 282 g/mol. The lowest BCUT2D eigenvalue weighted by Crippen LogP contribution is -2.31. The molecule has 3 nitrogen and oxygen atoms in total. The van der Waals surface area contributed by atoms with Crippen LogP contribution in [-0.2, 0) is 0 Å². The highest BCUT2D eigenvalue weighted by atomic mass is 79.9. The highest BCUT2D eigenvalue weighted by Gasteiger charge is 2.16. The number of aromatic nitrogens is 1. The van der Waals surface area contributed by atoms with Gasteiger partial charge in [-0.05, 0) is 25.1 Å². The second kappa shape index (κ2) is 4.75. The predicted octanol–water partition coefficient (Wildman–Crippen LogP) is 3.07. The van der Waals surface area contributed by atoms with E-state index in [1.54, 1.807) is 12.1 Å². The smallest absolute Gasteiger partial charge is 0.301 e. The lowest BCUT2D eigenvalue weighted by Gasteiger charge is -2.09. The zero-order valence-electron chi connectivity index (χ0n) is 9.61. The molecule has 0 aliphatic heterocycles. The molecule has 1 aromatic carbocycles. The molecule has 0 N–H and O–H groups in total. The van der Waals surface area contributed by atoms with Crippen molar-refractivity contribution in [3.63, 3.8) is 0 Å². The molecule has 1 aromatic heterocycles. The number of hydrogen-bond donors (Lipinski definition) is 0. The first-order chi connectivity index (χ1) is 8.13. The van der Waals surface area contributed by atoms with Gasteiger partial charge < -0.3 is 9.94 Å². The number of halogens is 1. The van der Waals surface area contributed by atoms with Gasteiger partial charge in [-0.1, -0.05) is 17.7 Å². The maximum absolute atomic E-state index is 12.0. The molecule has 0 unspecified atom stereocenters. The molecule has 0 aliphatic carbocycles. The average molecular weight is 294 g/mol. The molecule has 0 bridgehead atoms. The molecular formula is C13H12BrNO2. The van der Waals surface area contributed by atoms with Crippen molar-refractivity contribution in [2.24, 2.45) is 0 Å². The Morgan fingerprint density at radius 3 is 2.35 bits per heavy atom. The summed E-state index contributed by atoms with van der Waals surface area (Å²) in [5.41, 5.74) is 2.64. The van der Waals surface area contributed by atoms with Crippen molar-refractivity contribution < 1.29 is 9.47 Å². The minimum absolute atomic E-state index is 0.387. The van der Waals surface area contributed by atoms with Crippen LogP contribution in [0.4, 0.5) is 0 Å². The van der Waals surface area contributed by atoms with Crippen LogP contribution in [0, 0.1) is 12.1 Å². The summed E-state index contributed by atoms with van der Waals surface area (Å²) in [7, 11) is 1.53. The second-order valence-corrected chi connectivity index (χ2v) is 4.49. The molecule has 17 heavy (non-hydrogen) atoms. The Balaban J connectivity index is 2.53. The second-order valence-electron chi connectivity index (χ2n) is 3.74. The molecule has 2 aromatic rings. The Morgan fingerprint density at radius 1 is 1.12 bits per heavy atom. The minimum atomic E-state index is 0.387. The fourth-order valence-electron chi connectivity index (χ4n) is 1.59. The number of benzene rings is 1. The third-order valence-electron chi connectivity index (χ3n) is 2.56. The van der Waals surface area contributed by atoms with Gasteiger partial charge in [0.05, 0.1) is 7.11 Å². The van der Waals surface area contributed by atoms with Gasteiger partial charge in [-0.25, -0.2) is 0 Å². The van der Waals surface area contributed by atoms with Gasteiger partial charge in [0.15, 0.2) is 5.75 Å². The van der Waals surface area contributed by atoms with E-state index in [-0.39, 0.29) is 0 Å². The van der Waals surface area contributed by atoms with E-state index in [0.717, 1.165) is 10.3 Å².